The second-order valence-electron chi connectivity index (χ2n) is 3.68. The summed E-state index contributed by atoms with van der Waals surface area (Å²) in [4.78, 5) is 7.00. The first-order valence-electron chi connectivity index (χ1n) is 5.06. The fourth-order valence-electron chi connectivity index (χ4n) is 1.94. The molecule has 89 valence electrons. The van der Waals surface area contributed by atoms with Gasteiger partial charge >= 0.3 is 0 Å². The van der Waals surface area contributed by atoms with Gasteiger partial charge < -0.3 is 10.3 Å². The minimum atomic E-state index is 0.0622. The topological polar surface area (TPSA) is 59.4 Å². The van der Waals surface area contributed by atoms with Crippen molar-refractivity contribution in [3.8, 4) is 0 Å². The smallest absolute Gasteiger partial charge is 0.226 e. The lowest BCUT2D eigenvalue weighted by molar-refractivity contribution is -0.230. The zero-order valence-electron chi connectivity index (χ0n) is 9.55. The predicted octanol–water partition coefficient (Wildman–Crippen LogP) is -0.296. The number of rotatable bonds is 5. The predicted molar refractivity (Wildman–Crippen MR) is 54.4 cm³/mol. The van der Waals surface area contributed by atoms with Crippen LogP contribution in [0, 0.1) is 6.29 Å². The van der Waals surface area contributed by atoms with Crippen molar-refractivity contribution >= 4 is 0 Å². The molecule has 0 aromatic carbocycles. The fourth-order valence-corrected chi connectivity index (χ4v) is 1.94. The van der Waals surface area contributed by atoms with E-state index in [0.717, 1.165) is 24.4 Å². The highest BCUT2D eigenvalue weighted by Crippen LogP contribution is 2.26. The average molecular weight is 218 g/mol. The van der Waals surface area contributed by atoms with E-state index in [1.807, 2.05) is 4.90 Å². The maximum Gasteiger partial charge on any atom is 0.226 e. The van der Waals surface area contributed by atoms with Crippen LogP contribution < -0.4 is 0 Å². The van der Waals surface area contributed by atoms with Crippen LogP contribution >= 0.6 is 0 Å². The van der Waals surface area contributed by atoms with Crippen molar-refractivity contribution < 1.29 is 15.2 Å². The van der Waals surface area contributed by atoms with Gasteiger partial charge in [-0.2, -0.15) is 10.1 Å². The Bertz CT molecular complexity index is 191. The lowest BCUT2D eigenvalue weighted by atomic mass is 10.2. The maximum atomic E-state index is 9.54. The van der Waals surface area contributed by atoms with Gasteiger partial charge in [-0.3, -0.25) is 9.74 Å². The quantitative estimate of drug-likeness (QED) is 0.618. The average Bonchev–Trinajstić information content (AvgIpc) is 2.65. The molecule has 1 heterocycles. The Morgan fingerprint density at radius 2 is 2.20 bits per heavy atom. The third-order valence-electron chi connectivity index (χ3n) is 2.69. The van der Waals surface area contributed by atoms with E-state index >= 15 is 0 Å². The van der Waals surface area contributed by atoms with Crippen LogP contribution in [0.2, 0.25) is 0 Å². The van der Waals surface area contributed by atoms with Crippen LogP contribution in [-0.2, 0) is 4.84 Å². The molecule has 1 radical (unpaired) electrons. The molecule has 0 amide bonds. The Morgan fingerprint density at radius 1 is 1.53 bits per heavy atom. The van der Waals surface area contributed by atoms with E-state index < -0.39 is 0 Å². The molecule has 1 aliphatic rings. The van der Waals surface area contributed by atoms with Gasteiger partial charge in [-0.05, 0) is 12.8 Å². The van der Waals surface area contributed by atoms with Crippen molar-refractivity contribution in [2.75, 3.05) is 34.4 Å². The molecular weight excluding hydrogens is 198 g/mol. The Hall–Kier alpha value is -0.240. The number of hydroxylamine groups is 4. The van der Waals surface area contributed by atoms with Gasteiger partial charge in [-0.1, -0.05) is 0 Å². The van der Waals surface area contributed by atoms with Crippen LogP contribution in [0.4, 0.5) is 0 Å². The third kappa shape index (κ3) is 2.87. The van der Waals surface area contributed by atoms with Gasteiger partial charge in [0.15, 0.2) is 0 Å². The van der Waals surface area contributed by atoms with Crippen LogP contribution in [0.1, 0.15) is 12.8 Å². The minimum absolute atomic E-state index is 0.0622. The van der Waals surface area contributed by atoms with Crippen LogP contribution in [0.15, 0.2) is 0 Å². The van der Waals surface area contributed by atoms with Crippen molar-refractivity contribution in [2.24, 2.45) is 0 Å². The van der Waals surface area contributed by atoms with Crippen molar-refractivity contribution in [1.82, 2.24) is 15.0 Å². The lowest BCUT2D eigenvalue weighted by Gasteiger charge is -2.37. The number of nitrogens with zero attached hydrogens (tertiary/aromatic N) is 3. The summed E-state index contributed by atoms with van der Waals surface area (Å²) in [5.41, 5.74) is 0. The molecule has 6 nitrogen and oxygen atoms in total. The summed E-state index contributed by atoms with van der Waals surface area (Å²) in [6.45, 7) is 0.911. The van der Waals surface area contributed by atoms with Crippen molar-refractivity contribution in [1.29, 1.82) is 0 Å². The highest BCUT2D eigenvalue weighted by molar-refractivity contribution is 4.90. The molecule has 0 spiro atoms. The monoisotopic (exact) mass is 218 g/mol. The van der Waals surface area contributed by atoms with Gasteiger partial charge in [0, 0.05) is 26.7 Å². The third-order valence-corrected chi connectivity index (χ3v) is 2.69. The van der Waals surface area contributed by atoms with Crippen LogP contribution in [0.3, 0.4) is 0 Å². The molecule has 0 aliphatic carbocycles. The number of hydrogen-bond acceptors (Lipinski definition) is 6. The zero-order valence-corrected chi connectivity index (χ0v) is 9.55. The van der Waals surface area contributed by atoms with Crippen molar-refractivity contribution in [2.45, 2.75) is 18.9 Å². The van der Waals surface area contributed by atoms with Gasteiger partial charge in [0.2, 0.25) is 6.29 Å². The molecule has 0 saturated carbocycles. The van der Waals surface area contributed by atoms with Gasteiger partial charge in [0.25, 0.3) is 0 Å². The first-order valence-corrected chi connectivity index (χ1v) is 5.06. The van der Waals surface area contributed by atoms with Crippen molar-refractivity contribution in [3.05, 3.63) is 6.29 Å². The SMILES string of the molecule is CON(C)[C](N(C)O)N1CCCC1CO. The van der Waals surface area contributed by atoms with E-state index in [0.29, 0.717) is 6.29 Å². The van der Waals surface area contributed by atoms with E-state index in [9.17, 15) is 10.3 Å². The highest BCUT2D eigenvalue weighted by atomic mass is 16.7. The van der Waals surface area contributed by atoms with E-state index in [-0.39, 0.29) is 12.6 Å². The van der Waals surface area contributed by atoms with Crippen LogP contribution in [0.25, 0.3) is 0 Å². The molecule has 15 heavy (non-hydrogen) atoms. The van der Waals surface area contributed by atoms with Gasteiger partial charge in [-0.15, -0.1) is 0 Å². The highest BCUT2D eigenvalue weighted by Gasteiger charge is 2.36. The lowest BCUT2D eigenvalue weighted by Crippen LogP contribution is -2.50. The molecule has 0 aromatic heterocycles. The Labute approximate surface area is 90.5 Å². The summed E-state index contributed by atoms with van der Waals surface area (Å²) >= 11 is 0. The van der Waals surface area contributed by atoms with Gasteiger partial charge in [-0.25, -0.2) is 0 Å². The number of aliphatic hydroxyl groups is 1. The summed E-state index contributed by atoms with van der Waals surface area (Å²) in [5, 5.41) is 21.2. The molecule has 1 saturated heterocycles. The van der Waals surface area contributed by atoms with E-state index in [4.69, 9.17) is 4.84 Å². The summed E-state index contributed by atoms with van der Waals surface area (Å²) < 4.78 is 0. The van der Waals surface area contributed by atoms with Crippen LogP contribution in [0.5, 0.6) is 0 Å². The van der Waals surface area contributed by atoms with Gasteiger partial charge in [0.1, 0.15) is 0 Å². The van der Waals surface area contributed by atoms with E-state index in [1.54, 1.807) is 7.05 Å². The molecule has 6 heteroatoms. The Morgan fingerprint density at radius 3 is 2.67 bits per heavy atom. The molecular formula is C9H20N3O3. The molecule has 1 rings (SSSR count). The van der Waals surface area contributed by atoms with Crippen molar-refractivity contribution in [3.63, 3.8) is 0 Å². The van der Waals surface area contributed by atoms with E-state index in [2.05, 4.69) is 0 Å². The summed E-state index contributed by atoms with van der Waals surface area (Å²) in [6, 6.07) is 0.0622. The number of hydrogen-bond donors (Lipinski definition) is 2. The molecule has 0 aromatic rings. The second-order valence-corrected chi connectivity index (χ2v) is 3.68. The molecule has 0 bridgehead atoms. The fraction of sp³-hybridized carbons (Fsp3) is 0.889. The van der Waals surface area contributed by atoms with Crippen LogP contribution in [-0.4, -0.2) is 65.7 Å². The number of likely N-dealkylation sites (tertiary alicyclic amines) is 1. The summed E-state index contributed by atoms with van der Waals surface area (Å²) in [5.74, 6) is 0. The summed E-state index contributed by atoms with van der Waals surface area (Å²) in [6.07, 6.45) is 2.50. The minimum Gasteiger partial charge on any atom is -0.395 e. The number of aliphatic hydroxyl groups excluding tert-OH is 1. The van der Waals surface area contributed by atoms with E-state index in [1.165, 1.54) is 19.2 Å². The molecule has 1 unspecified atom stereocenters. The molecule has 2 N–H and O–H groups in total. The standard InChI is InChI=1S/C9H20N3O3/c1-10(14)9(11(2)15-3)12-6-4-5-8(12)7-13/h8,13-14H,4-7H2,1-3H3. The molecule has 1 atom stereocenters. The largest absolute Gasteiger partial charge is 0.395 e. The second kappa shape index (κ2) is 5.74. The molecule has 1 aliphatic heterocycles. The zero-order chi connectivity index (χ0) is 11.4. The Balaban J connectivity index is 2.70. The maximum absolute atomic E-state index is 9.54. The summed E-state index contributed by atoms with van der Waals surface area (Å²) in [7, 11) is 4.79. The first kappa shape index (κ1) is 12.8. The normalized spacial score (nSPS) is 23.6. The molecule has 1 fully saturated rings. The first-order chi connectivity index (χ1) is 7.11. The van der Waals surface area contributed by atoms with Gasteiger partial charge in [0.05, 0.1) is 13.7 Å². The Kier molecular flexibility index (Phi) is 4.91.